The van der Waals surface area contributed by atoms with Gasteiger partial charge in [0.05, 0.1) is 11.0 Å². The predicted molar refractivity (Wildman–Crippen MR) is 73.9 cm³/mol. The topological polar surface area (TPSA) is 34.9 Å². The van der Waals surface area contributed by atoms with Gasteiger partial charge >= 0.3 is 0 Å². The second-order valence-electron chi connectivity index (χ2n) is 5.58. The Morgan fingerprint density at radius 2 is 1.89 bits per heavy atom. The van der Waals surface area contributed by atoms with E-state index in [4.69, 9.17) is 0 Å². The first-order valence-corrected chi connectivity index (χ1v) is 6.36. The molecular weight excluding hydrogens is 224 g/mol. The van der Waals surface area contributed by atoms with Crippen LogP contribution in [0, 0.1) is 19.3 Å². The fourth-order valence-electron chi connectivity index (χ4n) is 1.90. The summed E-state index contributed by atoms with van der Waals surface area (Å²) in [4.78, 5) is 16.8. The van der Waals surface area contributed by atoms with Gasteiger partial charge in [0, 0.05) is 5.41 Å². The van der Waals surface area contributed by atoms with Crippen molar-refractivity contribution in [1.82, 2.24) is 9.55 Å². The van der Waals surface area contributed by atoms with Crippen LogP contribution < -0.4 is 0 Å². The van der Waals surface area contributed by atoms with Gasteiger partial charge in [-0.05, 0) is 43.5 Å². The van der Waals surface area contributed by atoms with Crippen LogP contribution in [0.2, 0.25) is 0 Å². The quantitative estimate of drug-likeness (QED) is 0.806. The predicted octanol–water partition coefficient (Wildman–Crippen LogP) is 3.73. The number of imidazole rings is 1. The Labute approximate surface area is 108 Å². The lowest BCUT2D eigenvalue weighted by Crippen LogP contribution is -2.28. The molecule has 0 fully saturated rings. The Bertz CT molecular complexity index is 608. The summed E-state index contributed by atoms with van der Waals surface area (Å²) in [6.07, 6.45) is 2.46. The van der Waals surface area contributed by atoms with Gasteiger partial charge < -0.3 is 0 Å². The van der Waals surface area contributed by atoms with Gasteiger partial charge in [-0.15, -0.1) is 0 Å². The molecule has 1 aromatic heterocycles. The van der Waals surface area contributed by atoms with Crippen molar-refractivity contribution >= 4 is 16.9 Å². The van der Waals surface area contributed by atoms with Crippen LogP contribution in [0.25, 0.3) is 11.0 Å². The molecule has 0 bridgehead atoms. The molecule has 0 atom stereocenters. The highest BCUT2D eigenvalue weighted by Gasteiger charge is 2.27. The molecule has 18 heavy (non-hydrogen) atoms. The molecule has 96 valence electrons. The van der Waals surface area contributed by atoms with Crippen molar-refractivity contribution < 1.29 is 4.79 Å². The molecule has 0 amide bonds. The molecule has 0 N–H and O–H groups in total. The number of hydrogen-bond acceptors (Lipinski definition) is 2. The van der Waals surface area contributed by atoms with E-state index < -0.39 is 0 Å². The van der Waals surface area contributed by atoms with Gasteiger partial charge in [0.15, 0.2) is 0 Å². The van der Waals surface area contributed by atoms with Crippen molar-refractivity contribution in [3.63, 3.8) is 0 Å². The molecule has 0 aliphatic carbocycles. The molecular formula is C15H20N2O. The van der Waals surface area contributed by atoms with E-state index in [-0.39, 0.29) is 11.3 Å². The van der Waals surface area contributed by atoms with Crippen LogP contribution in [0.1, 0.15) is 43.1 Å². The van der Waals surface area contributed by atoms with Crippen molar-refractivity contribution in [1.29, 1.82) is 0 Å². The Hall–Kier alpha value is -1.64. The lowest BCUT2D eigenvalue weighted by Gasteiger charge is -2.21. The zero-order chi connectivity index (χ0) is 13.5. The fraction of sp³-hybridized carbons (Fsp3) is 0.467. The number of aromatic nitrogens is 2. The molecule has 2 rings (SSSR count). The fourth-order valence-corrected chi connectivity index (χ4v) is 1.90. The van der Waals surface area contributed by atoms with Gasteiger partial charge in [-0.2, -0.15) is 0 Å². The van der Waals surface area contributed by atoms with Crippen LogP contribution in [0.3, 0.4) is 0 Å². The minimum Gasteiger partial charge on any atom is -0.273 e. The van der Waals surface area contributed by atoms with Crippen molar-refractivity contribution in [2.45, 2.75) is 41.0 Å². The van der Waals surface area contributed by atoms with Crippen LogP contribution in [-0.2, 0) is 0 Å². The lowest BCUT2D eigenvalue weighted by molar-refractivity contribution is 0.0745. The zero-order valence-electron chi connectivity index (χ0n) is 11.7. The number of carbonyl (C=O) groups excluding carboxylic acids is 1. The van der Waals surface area contributed by atoms with E-state index in [9.17, 15) is 4.79 Å². The van der Waals surface area contributed by atoms with E-state index >= 15 is 0 Å². The number of hydrogen-bond donors (Lipinski definition) is 0. The Balaban J connectivity index is 2.60. The molecule has 1 heterocycles. The maximum Gasteiger partial charge on any atom is 0.237 e. The molecule has 0 radical (unpaired) electrons. The number of aryl methyl sites for hydroxylation is 2. The summed E-state index contributed by atoms with van der Waals surface area (Å²) in [5, 5.41) is 0. The smallest absolute Gasteiger partial charge is 0.237 e. The number of fused-ring (bicyclic) bond motifs is 1. The first-order chi connectivity index (χ1) is 8.36. The molecule has 0 aliphatic heterocycles. The minimum atomic E-state index is -0.355. The third-order valence-electron chi connectivity index (χ3n) is 3.84. The third-order valence-corrected chi connectivity index (χ3v) is 3.84. The van der Waals surface area contributed by atoms with Crippen LogP contribution in [0.4, 0.5) is 0 Å². The average molecular weight is 244 g/mol. The Morgan fingerprint density at radius 3 is 2.50 bits per heavy atom. The van der Waals surface area contributed by atoms with Gasteiger partial charge in [0.1, 0.15) is 6.33 Å². The summed E-state index contributed by atoms with van der Waals surface area (Å²) in [5.74, 6) is 0.107. The van der Waals surface area contributed by atoms with E-state index in [0.717, 1.165) is 17.5 Å². The second kappa shape index (κ2) is 4.23. The molecule has 0 spiro atoms. The Morgan fingerprint density at radius 1 is 1.28 bits per heavy atom. The van der Waals surface area contributed by atoms with Crippen LogP contribution in [0.5, 0.6) is 0 Å². The molecule has 3 heteroatoms. The van der Waals surface area contributed by atoms with E-state index in [0.29, 0.717) is 0 Å². The summed E-state index contributed by atoms with van der Waals surface area (Å²) in [6.45, 7) is 10.1. The number of rotatable bonds is 2. The maximum absolute atomic E-state index is 12.5. The second-order valence-corrected chi connectivity index (χ2v) is 5.58. The SMILES string of the molecule is CCC(C)(C)C(=O)n1cnc2cc(C)c(C)cc21. The highest BCUT2D eigenvalue weighted by molar-refractivity contribution is 5.93. The summed E-state index contributed by atoms with van der Waals surface area (Å²) >= 11 is 0. The largest absolute Gasteiger partial charge is 0.273 e. The van der Waals surface area contributed by atoms with Gasteiger partial charge in [-0.1, -0.05) is 20.8 Å². The molecule has 2 aromatic rings. The van der Waals surface area contributed by atoms with E-state index in [1.807, 2.05) is 32.9 Å². The van der Waals surface area contributed by atoms with Gasteiger partial charge in [0.25, 0.3) is 0 Å². The van der Waals surface area contributed by atoms with Crippen molar-refractivity contribution in [3.05, 3.63) is 29.6 Å². The van der Waals surface area contributed by atoms with Crippen molar-refractivity contribution in [2.24, 2.45) is 5.41 Å². The average Bonchev–Trinajstić information content (AvgIpc) is 2.71. The summed E-state index contributed by atoms with van der Waals surface area (Å²) in [7, 11) is 0. The van der Waals surface area contributed by atoms with Gasteiger partial charge in [-0.25, -0.2) is 4.98 Å². The Kier molecular flexibility index (Phi) is 3.01. The minimum absolute atomic E-state index is 0.107. The molecule has 0 aliphatic rings. The van der Waals surface area contributed by atoms with Gasteiger partial charge in [0.2, 0.25) is 5.91 Å². The number of nitrogens with zero attached hydrogens (tertiary/aromatic N) is 2. The molecule has 0 unspecified atom stereocenters. The third kappa shape index (κ3) is 1.94. The summed E-state index contributed by atoms with van der Waals surface area (Å²) in [5.41, 5.74) is 3.83. The van der Waals surface area contributed by atoms with E-state index in [2.05, 4.69) is 18.8 Å². The monoisotopic (exact) mass is 244 g/mol. The number of carbonyl (C=O) groups is 1. The highest BCUT2D eigenvalue weighted by atomic mass is 16.2. The summed E-state index contributed by atoms with van der Waals surface area (Å²) in [6, 6.07) is 4.08. The molecule has 1 aromatic carbocycles. The first-order valence-electron chi connectivity index (χ1n) is 6.36. The first kappa shape index (κ1) is 12.8. The van der Waals surface area contributed by atoms with E-state index in [1.165, 1.54) is 11.1 Å². The number of benzene rings is 1. The molecule has 0 saturated carbocycles. The van der Waals surface area contributed by atoms with Crippen molar-refractivity contribution in [2.75, 3.05) is 0 Å². The van der Waals surface area contributed by atoms with Crippen molar-refractivity contribution in [3.8, 4) is 0 Å². The zero-order valence-corrected chi connectivity index (χ0v) is 11.7. The van der Waals surface area contributed by atoms with E-state index in [1.54, 1.807) is 10.9 Å². The maximum atomic E-state index is 12.5. The van der Waals surface area contributed by atoms with Crippen LogP contribution in [-0.4, -0.2) is 15.5 Å². The van der Waals surface area contributed by atoms with Crippen LogP contribution in [0.15, 0.2) is 18.5 Å². The van der Waals surface area contributed by atoms with Gasteiger partial charge in [-0.3, -0.25) is 9.36 Å². The standard InChI is InChI=1S/C15H20N2O/c1-6-15(4,5)14(18)17-9-16-12-7-10(2)11(3)8-13(12)17/h7-9H,6H2,1-5H3. The molecule has 3 nitrogen and oxygen atoms in total. The lowest BCUT2D eigenvalue weighted by atomic mass is 9.89. The van der Waals surface area contributed by atoms with Crippen LogP contribution >= 0.6 is 0 Å². The molecule has 0 saturated heterocycles. The summed E-state index contributed by atoms with van der Waals surface area (Å²) < 4.78 is 1.69. The normalized spacial score (nSPS) is 12.1. The highest BCUT2D eigenvalue weighted by Crippen LogP contribution is 2.26.